The molecule has 0 unspecified atom stereocenters. The summed E-state index contributed by atoms with van der Waals surface area (Å²) in [5, 5.41) is 10.6. The average molecular weight is 850 g/mol. The van der Waals surface area contributed by atoms with Gasteiger partial charge in [0.05, 0.1) is 34.6 Å². The number of allylic oxidation sites excluding steroid dienone is 3. The van der Waals surface area contributed by atoms with Crippen LogP contribution in [0.3, 0.4) is 0 Å². The lowest BCUT2D eigenvalue weighted by molar-refractivity contribution is -0.233. The summed E-state index contributed by atoms with van der Waals surface area (Å²) in [5.41, 5.74) is -5.85. The van der Waals surface area contributed by atoms with Gasteiger partial charge in [-0.25, -0.2) is 27.9 Å². The molecule has 11 atom stereocenters. The second-order valence-corrected chi connectivity index (χ2v) is 33.3. The van der Waals surface area contributed by atoms with E-state index >= 15 is 14.0 Å². The number of benzene rings is 1. The Hall–Kier alpha value is -2.32. The molecule has 1 aromatic heterocycles. The van der Waals surface area contributed by atoms with Crippen LogP contribution in [0.15, 0.2) is 64.2 Å². The minimum absolute atomic E-state index is 0.0132. The number of hydrogen-bond acceptors (Lipinski definition) is 5. The highest BCUT2D eigenvalue weighted by Gasteiger charge is 2.77. The molecule has 1 aromatic carbocycles. The van der Waals surface area contributed by atoms with Gasteiger partial charge in [0, 0.05) is 11.8 Å². The van der Waals surface area contributed by atoms with Gasteiger partial charge in [-0.05, 0) is 136 Å². The van der Waals surface area contributed by atoms with Gasteiger partial charge in [0.15, 0.2) is 22.3 Å². The van der Waals surface area contributed by atoms with Gasteiger partial charge < -0.3 is 14.0 Å². The van der Waals surface area contributed by atoms with Crippen LogP contribution in [0.5, 0.6) is 0 Å². The highest BCUT2D eigenvalue weighted by atomic mass is 28.4. The number of halogens is 1. The summed E-state index contributed by atoms with van der Waals surface area (Å²) in [6.45, 7) is 34.5. The lowest BCUT2D eigenvalue weighted by Gasteiger charge is -2.73. The van der Waals surface area contributed by atoms with Crippen LogP contribution >= 0.6 is 0 Å². The number of aliphatic hydroxyl groups is 1. The number of alkyl halides is 1. The van der Waals surface area contributed by atoms with Crippen molar-refractivity contribution in [2.75, 3.05) is 0 Å². The highest BCUT2D eigenvalue weighted by Crippen LogP contribution is 2.74. The summed E-state index contributed by atoms with van der Waals surface area (Å²) in [4.78, 5) is 31.0. The maximum absolute atomic E-state index is 15.8. The van der Waals surface area contributed by atoms with E-state index in [2.05, 4.69) is 101 Å². The largest absolute Gasteiger partial charge is 0.414 e. The lowest BCUT2D eigenvalue weighted by Crippen LogP contribution is -2.80. The molecule has 8 nitrogen and oxygen atoms in total. The fourth-order valence-corrected chi connectivity index (χ4v) is 15.2. The van der Waals surface area contributed by atoms with Crippen molar-refractivity contribution in [1.82, 2.24) is 13.9 Å². The van der Waals surface area contributed by atoms with E-state index in [9.17, 15) is 5.11 Å². The molecule has 6 aliphatic rings. The van der Waals surface area contributed by atoms with Crippen LogP contribution in [0.1, 0.15) is 122 Å². The van der Waals surface area contributed by atoms with E-state index in [1.807, 2.05) is 45.8 Å². The topological polar surface area (TPSA) is 87.6 Å². The molecule has 2 aliphatic heterocycles. The Bertz CT molecular complexity index is 2130. The zero-order valence-electron chi connectivity index (χ0n) is 39.2. The van der Waals surface area contributed by atoms with Crippen molar-refractivity contribution in [3.8, 4) is 5.69 Å². The quantitative estimate of drug-likeness (QED) is 0.201. The zero-order valence-corrected chi connectivity index (χ0v) is 41.2. The molecule has 11 heteroatoms. The SMILES string of the molecule is C[C@H](/C=C/[C@@](C)(F)C(C)(C)O)[C@H]1CC[C@@H]2[C@]1(C)CC[C@H]1[C@]23C=C[C@]2(C[C@@H](O[Si](C)(C)C(C)(C)C)C[C@H](O[Si](C)(C)C(C)(C)C)[C@]12C)n1c(=O)n(-c2ccccc2)c(=O)n13. The fourth-order valence-electron chi connectivity index (χ4n) is 12.4. The van der Waals surface area contributed by atoms with E-state index < -0.39 is 44.4 Å². The smallest absolute Gasteiger partial charge is 0.352 e. The molecule has 1 N–H and O–H groups in total. The molecule has 0 amide bonds. The third-order valence-electron chi connectivity index (χ3n) is 18.2. The highest BCUT2D eigenvalue weighted by molar-refractivity contribution is 6.74. The number of rotatable bonds is 9. The van der Waals surface area contributed by atoms with Gasteiger partial charge in [0.25, 0.3) is 0 Å². The minimum Gasteiger partial charge on any atom is -0.414 e. The average Bonchev–Trinajstić information content (AvgIpc) is 3.60. The van der Waals surface area contributed by atoms with Crippen molar-refractivity contribution in [3.05, 3.63) is 75.6 Å². The van der Waals surface area contributed by atoms with Crippen LogP contribution in [-0.4, -0.2) is 59.1 Å². The Morgan fingerprint density at radius 2 is 1.41 bits per heavy atom. The van der Waals surface area contributed by atoms with E-state index in [1.54, 1.807) is 6.08 Å². The van der Waals surface area contributed by atoms with E-state index in [0.29, 0.717) is 12.1 Å². The van der Waals surface area contributed by atoms with Gasteiger partial charge in [-0.3, -0.25) is 0 Å². The molecule has 3 fully saturated rings. The Labute approximate surface area is 355 Å². The minimum atomic E-state index is -2.38. The zero-order chi connectivity index (χ0) is 43.9. The van der Waals surface area contributed by atoms with Crippen molar-refractivity contribution < 1.29 is 18.3 Å². The van der Waals surface area contributed by atoms with Crippen LogP contribution in [0.4, 0.5) is 4.39 Å². The first kappa shape index (κ1) is 44.7. The molecule has 0 radical (unpaired) electrons. The Kier molecular flexibility index (Phi) is 10.3. The molecule has 59 heavy (non-hydrogen) atoms. The maximum Gasteiger partial charge on any atom is 0.352 e. The molecule has 2 aromatic rings. The number of fused-ring (bicyclic) bond motifs is 1. The molecule has 2 bridgehead atoms. The molecule has 3 heterocycles. The van der Waals surface area contributed by atoms with Crippen molar-refractivity contribution >= 4 is 16.6 Å². The van der Waals surface area contributed by atoms with Gasteiger partial charge in [-0.1, -0.05) is 98.7 Å². The Morgan fingerprint density at radius 1 is 0.831 bits per heavy atom. The third kappa shape index (κ3) is 6.22. The molecular formula is C48H76FN3O5Si2. The molecule has 4 aliphatic carbocycles. The van der Waals surface area contributed by atoms with Crippen LogP contribution in [0, 0.1) is 34.5 Å². The summed E-state index contributed by atoms with van der Waals surface area (Å²) in [6.07, 6.45) is 12.8. The Morgan fingerprint density at radius 3 is 1.98 bits per heavy atom. The predicted molar refractivity (Wildman–Crippen MR) is 242 cm³/mol. The van der Waals surface area contributed by atoms with Crippen molar-refractivity contribution in [2.45, 2.75) is 192 Å². The van der Waals surface area contributed by atoms with Crippen molar-refractivity contribution in [1.29, 1.82) is 0 Å². The summed E-state index contributed by atoms with van der Waals surface area (Å²) >= 11 is 0. The van der Waals surface area contributed by atoms with Crippen LogP contribution in [0.25, 0.3) is 5.69 Å². The van der Waals surface area contributed by atoms with Crippen molar-refractivity contribution in [3.63, 3.8) is 0 Å². The van der Waals surface area contributed by atoms with Gasteiger partial charge in [-0.2, -0.15) is 0 Å². The lowest BCUT2D eigenvalue weighted by atomic mass is 9.40. The first-order valence-corrected chi connectivity index (χ1v) is 28.4. The van der Waals surface area contributed by atoms with E-state index in [-0.39, 0.29) is 62.8 Å². The molecule has 328 valence electrons. The third-order valence-corrected chi connectivity index (χ3v) is 27.2. The van der Waals surface area contributed by atoms with E-state index in [4.69, 9.17) is 8.85 Å². The number of aromatic nitrogens is 3. The molecule has 3 saturated carbocycles. The molecule has 2 spiro atoms. The van der Waals surface area contributed by atoms with Crippen molar-refractivity contribution in [2.24, 2.45) is 34.5 Å². The molecule has 0 saturated heterocycles. The monoisotopic (exact) mass is 850 g/mol. The second-order valence-electron chi connectivity index (χ2n) is 23.8. The second kappa shape index (κ2) is 13.6. The van der Waals surface area contributed by atoms with Crippen LogP contribution in [0.2, 0.25) is 36.3 Å². The number of para-hydroxylation sites is 1. The maximum atomic E-state index is 15.8. The van der Waals surface area contributed by atoms with E-state index in [0.717, 1.165) is 32.1 Å². The summed E-state index contributed by atoms with van der Waals surface area (Å²) < 4.78 is 36.2. The van der Waals surface area contributed by atoms with Gasteiger partial charge in [0.2, 0.25) is 0 Å². The standard InChI is InChI=1S/C48H76FN3O5Si2/c1-32(24-27-45(11,49)43(8,9)55)35-22-23-36-44(35,10)26-25-37-46(12)38(57-59(15,16)42(5,6)7)30-34(56-58(13,14)41(2,3)4)31-47(46)28-29-48(36,37)52-40(54)50(39(53)51(47)52)33-20-18-17-19-21-33/h17-21,24,27-29,32,34-38,55H,22-23,25-26,30-31H2,1-16H3/b27-24+/t32-,34+,35-,36-,37-,38+,44-,45-,46+,47-,48+/m1/s1. The van der Waals surface area contributed by atoms with Gasteiger partial charge >= 0.3 is 11.4 Å². The van der Waals surface area contributed by atoms with Crippen LogP contribution < -0.4 is 11.4 Å². The molecular weight excluding hydrogens is 774 g/mol. The van der Waals surface area contributed by atoms with E-state index in [1.165, 1.54) is 25.3 Å². The van der Waals surface area contributed by atoms with Gasteiger partial charge in [0.1, 0.15) is 0 Å². The predicted octanol–water partition coefficient (Wildman–Crippen LogP) is 10.5. The normalized spacial score (nSPS) is 36.2. The molecule has 8 rings (SSSR count). The summed E-state index contributed by atoms with van der Waals surface area (Å²) in [5.74, 6) is 0.300. The first-order valence-electron chi connectivity index (χ1n) is 22.5. The fraction of sp³-hybridized carbons (Fsp3) is 0.750. The summed E-state index contributed by atoms with van der Waals surface area (Å²) in [6, 6.07) is 9.42. The van der Waals surface area contributed by atoms with Crippen LogP contribution in [-0.2, 0) is 19.9 Å². The number of hydrogen-bond donors (Lipinski definition) is 1. The Balaban J connectivity index is 1.47. The van der Waals surface area contributed by atoms with Gasteiger partial charge in [-0.15, -0.1) is 0 Å². The summed E-state index contributed by atoms with van der Waals surface area (Å²) in [7, 11) is -4.66. The first-order chi connectivity index (χ1) is 26.8. The number of nitrogens with zero attached hydrogens (tertiary/aromatic N) is 3.